The Hall–Kier alpha value is -2.88. The largest absolute Gasteiger partial charge is 0.399 e. The zero-order chi connectivity index (χ0) is 15.8. The van der Waals surface area contributed by atoms with E-state index in [9.17, 15) is 0 Å². The molecule has 0 atom stereocenters. The first kappa shape index (κ1) is 15.5. The van der Waals surface area contributed by atoms with Crippen LogP contribution in [-0.2, 0) is 0 Å². The molecule has 2 aromatic rings. The molecule has 1 aliphatic carbocycles. The van der Waals surface area contributed by atoms with Crippen LogP contribution in [0.5, 0.6) is 0 Å². The lowest BCUT2D eigenvalue weighted by Gasteiger charge is -2.10. The predicted molar refractivity (Wildman–Crippen MR) is 96.9 cm³/mol. The third kappa shape index (κ3) is 4.59. The summed E-state index contributed by atoms with van der Waals surface area (Å²) in [5, 5.41) is 3.18. The molecule has 7 N–H and O–H groups in total. The molecule has 0 aliphatic heterocycles. The van der Waals surface area contributed by atoms with Gasteiger partial charge >= 0.3 is 0 Å². The van der Waals surface area contributed by atoms with E-state index in [1.165, 1.54) is 12.8 Å². The Morgan fingerprint density at radius 3 is 1.95 bits per heavy atom. The van der Waals surface area contributed by atoms with Crippen LogP contribution in [0.1, 0.15) is 12.8 Å². The molecule has 3 rings (SSSR count). The number of allylic oxidation sites excluding steroid dienone is 4. The van der Waals surface area contributed by atoms with Gasteiger partial charge in [0.15, 0.2) is 0 Å². The number of benzene rings is 2. The molecule has 0 fully saturated rings. The molecule has 4 heteroatoms. The van der Waals surface area contributed by atoms with E-state index >= 15 is 0 Å². The van der Waals surface area contributed by atoms with Crippen molar-refractivity contribution in [3.63, 3.8) is 0 Å². The SMILES string of the molecule is C1=CCCC=C1.Nc1ccc(Nc2cccc(N)c2N)cc1. The molecule has 4 nitrogen and oxygen atoms in total. The Morgan fingerprint density at radius 2 is 1.41 bits per heavy atom. The Labute approximate surface area is 131 Å². The third-order valence-corrected chi connectivity index (χ3v) is 3.21. The molecule has 0 aromatic heterocycles. The summed E-state index contributed by atoms with van der Waals surface area (Å²) < 4.78 is 0. The highest BCUT2D eigenvalue weighted by Crippen LogP contribution is 2.27. The Balaban J connectivity index is 0.000000246. The van der Waals surface area contributed by atoms with Gasteiger partial charge in [0.05, 0.1) is 17.1 Å². The van der Waals surface area contributed by atoms with Crippen molar-refractivity contribution in [2.75, 3.05) is 22.5 Å². The second kappa shape index (κ2) is 7.78. The molecular weight excluding hydrogens is 272 g/mol. The van der Waals surface area contributed by atoms with E-state index in [4.69, 9.17) is 17.2 Å². The van der Waals surface area contributed by atoms with Crippen LogP contribution in [-0.4, -0.2) is 0 Å². The normalized spacial score (nSPS) is 12.4. The third-order valence-electron chi connectivity index (χ3n) is 3.21. The topological polar surface area (TPSA) is 90.1 Å². The lowest BCUT2D eigenvalue weighted by atomic mass is 10.2. The van der Waals surface area contributed by atoms with Crippen molar-refractivity contribution in [1.82, 2.24) is 0 Å². The molecule has 0 amide bonds. The zero-order valence-corrected chi connectivity index (χ0v) is 12.5. The van der Waals surface area contributed by atoms with E-state index in [-0.39, 0.29) is 0 Å². The van der Waals surface area contributed by atoms with Crippen LogP contribution in [0.15, 0.2) is 66.8 Å². The quantitative estimate of drug-likeness (QED) is 0.628. The predicted octanol–water partition coefficient (Wildman–Crippen LogP) is 4.07. The van der Waals surface area contributed by atoms with E-state index in [2.05, 4.69) is 29.6 Å². The molecule has 22 heavy (non-hydrogen) atoms. The van der Waals surface area contributed by atoms with Crippen molar-refractivity contribution in [2.24, 2.45) is 0 Å². The summed E-state index contributed by atoms with van der Waals surface area (Å²) in [5.41, 5.74) is 20.7. The maximum Gasteiger partial charge on any atom is 0.0786 e. The van der Waals surface area contributed by atoms with Gasteiger partial charge in [-0.15, -0.1) is 0 Å². The van der Waals surface area contributed by atoms with E-state index in [0.717, 1.165) is 17.1 Å². The molecule has 0 unspecified atom stereocenters. The summed E-state index contributed by atoms with van der Waals surface area (Å²) in [7, 11) is 0. The van der Waals surface area contributed by atoms with Crippen molar-refractivity contribution in [1.29, 1.82) is 0 Å². The van der Waals surface area contributed by atoms with Crippen LogP contribution in [0.3, 0.4) is 0 Å². The minimum absolute atomic E-state index is 0.555. The average molecular weight is 294 g/mol. The summed E-state index contributed by atoms with van der Waals surface area (Å²) >= 11 is 0. The zero-order valence-electron chi connectivity index (χ0n) is 12.5. The molecular formula is C18H22N4. The van der Waals surface area contributed by atoms with Gasteiger partial charge < -0.3 is 22.5 Å². The molecule has 0 saturated heterocycles. The first-order chi connectivity index (χ1) is 10.7. The molecule has 114 valence electrons. The van der Waals surface area contributed by atoms with Gasteiger partial charge in [-0.05, 0) is 49.2 Å². The van der Waals surface area contributed by atoms with Gasteiger partial charge in [-0.1, -0.05) is 30.4 Å². The van der Waals surface area contributed by atoms with Gasteiger partial charge in [-0.3, -0.25) is 0 Å². The van der Waals surface area contributed by atoms with Crippen LogP contribution in [0.25, 0.3) is 0 Å². The maximum atomic E-state index is 5.85. The Bertz CT molecular complexity index is 645. The van der Waals surface area contributed by atoms with Gasteiger partial charge in [0.25, 0.3) is 0 Å². The van der Waals surface area contributed by atoms with Crippen LogP contribution in [0.2, 0.25) is 0 Å². The fourth-order valence-electron chi connectivity index (χ4n) is 1.96. The number of nitrogen functional groups attached to an aromatic ring is 3. The number of hydrogen-bond donors (Lipinski definition) is 4. The monoisotopic (exact) mass is 294 g/mol. The smallest absolute Gasteiger partial charge is 0.0786 e. The van der Waals surface area contributed by atoms with Crippen LogP contribution < -0.4 is 22.5 Å². The van der Waals surface area contributed by atoms with E-state index < -0.39 is 0 Å². The molecule has 1 aliphatic rings. The Kier molecular flexibility index (Phi) is 5.49. The van der Waals surface area contributed by atoms with Gasteiger partial charge in [0, 0.05) is 11.4 Å². The number of anilines is 5. The molecule has 2 aromatic carbocycles. The van der Waals surface area contributed by atoms with Crippen LogP contribution in [0, 0.1) is 0 Å². The van der Waals surface area contributed by atoms with Gasteiger partial charge in [-0.25, -0.2) is 0 Å². The number of rotatable bonds is 2. The minimum Gasteiger partial charge on any atom is -0.399 e. The number of hydrogen-bond acceptors (Lipinski definition) is 4. The standard InChI is InChI=1S/C12H14N4.C6H8/c13-8-4-6-9(7-5-8)16-11-3-1-2-10(14)12(11)15;1-2-4-6-5-3-1/h1-7,16H,13-15H2;1-4H,5-6H2. The lowest BCUT2D eigenvalue weighted by Crippen LogP contribution is -2.00. The lowest BCUT2D eigenvalue weighted by molar-refractivity contribution is 1.04. The molecule has 0 spiro atoms. The highest BCUT2D eigenvalue weighted by molar-refractivity contribution is 5.81. The van der Waals surface area contributed by atoms with Gasteiger partial charge in [-0.2, -0.15) is 0 Å². The van der Waals surface area contributed by atoms with Crippen molar-refractivity contribution in [3.05, 3.63) is 66.8 Å². The first-order valence-electron chi connectivity index (χ1n) is 7.25. The van der Waals surface area contributed by atoms with Crippen molar-refractivity contribution in [3.8, 4) is 0 Å². The fourth-order valence-corrected chi connectivity index (χ4v) is 1.96. The summed E-state index contributed by atoms with van der Waals surface area (Å²) in [6.45, 7) is 0. The molecule has 0 saturated carbocycles. The van der Waals surface area contributed by atoms with Crippen molar-refractivity contribution < 1.29 is 0 Å². The second-order valence-corrected chi connectivity index (χ2v) is 4.99. The van der Waals surface area contributed by atoms with Gasteiger partial charge in [0.2, 0.25) is 0 Å². The highest BCUT2D eigenvalue weighted by atomic mass is 14.9. The number of nitrogens with one attached hydrogen (secondary N) is 1. The highest BCUT2D eigenvalue weighted by Gasteiger charge is 2.01. The van der Waals surface area contributed by atoms with E-state index in [1.807, 2.05) is 36.4 Å². The van der Waals surface area contributed by atoms with Crippen molar-refractivity contribution in [2.45, 2.75) is 12.8 Å². The second-order valence-electron chi connectivity index (χ2n) is 4.99. The van der Waals surface area contributed by atoms with E-state index in [1.54, 1.807) is 6.07 Å². The average Bonchev–Trinajstić information content (AvgIpc) is 2.56. The maximum absolute atomic E-state index is 5.85. The first-order valence-corrected chi connectivity index (χ1v) is 7.25. The number of nitrogens with two attached hydrogens (primary N) is 3. The molecule has 0 radical (unpaired) electrons. The summed E-state index contributed by atoms with van der Waals surface area (Å²) in [6.07, 6.45) is 11.0. The summed E-state index contributed by atoms with van der Waals surface area (Å²) in [4.78, 5) is 0. The molecule has 0 heterocycles. The summed E-state index contributed by atoms with van der Waals surface area (Å²) in [6, 6.07) is 12.9. The molecule has 0 bridgehead atoms. The van der Waals surface area contributed by atoms with Gasteiger partial charge in [0.1, 0.15) is 0 Å². The summed E-state index contributed by atoms with van der Waals surface area (Å²) in [5.74, 6) is 0. The number of para-hydroxylation sites is 1. The Morgan fingerprint density at radius 1 is 0.773 bits per heavy atom. The fraction of sp³-hybridized carbons (Fsp3) is 0.111. The van der Waals surface area contributed by atoms with E-state index in [0.29, 0.717) is 11.4 Å². The van der Waals surface area contributed by atoms with Crippen LogP contribution >= 0.6 is 0 Å². The minimum atomic E-state index is 0.555. The van der Waals surface area contributed by atoms with Crippen molar-refractivity contribution >= 4 is 28.4 Å². The van der Waals surface area contributed by atoms with Crippen LogP contribution in [0.4, 0.5) is 28.4 Å².